The summed E-state index contributed by atoms with van der Waals surface area (Å²) < 4.78 is 32.9. The van der Waals surface area contributed by atoms with Gasteiger partial charge in [-0.2, -0.15) is 0 Å². The van der Waals surface area contributed by atoms with E-state index in [-0.39, 0.29) is 10.5 Å². The molecule has 0 bridgehead atoms. The molecule has 132 valence electrons. The van der Waals surface area contributed by atoms with Gasteiger partial charge in [0.05, 0.1) is 17.6 Å². The van der Waals surface area contributed by atoms with Crippen LogP contribution in [0.25, 0.3) is 0 Å². The van der Waals surface area contributed by atoms with Crippen LogP contribution in [0.4, 0.5) is 5.69 Å². The van der Waals surface area contributed by atoms with Gasteiger partial charge in [-0.05, 0) is 42.5 Å². The third kappa shape index (κ3) is 5.32. The second-order valence-electron chi connectivity index (χ2n) is 5.15. The summed E-state index contributed by atoms with van der Waals surface area (Å²) in [5.41, 5.74) is 0.584. The number of benzene rings is 2. The third-order valence-corrected chi connectivity index (χ3v) is 4.32. The molecule has 25 heavy (non-hydrogen) atoms. The Morgan fingerprint density at radius 2 is 1.76 bits per heavy atom. The number of hydrogen-bond donors (Lipinski definition) is 1. The van der Waals surface area contributed by atoms with E-state index in [4.69, 9.17) is 9.47 Å². The summed E-state index contributed by atoms with van der Waals surface area (Å²) in [5, 5.41) is 2.57. The number of sulfone groups is 1. The smallest absolute Gasteiger partial charge is 0.338 e. The Bertz CT molecular complexity index is 874. The van der Waals surface area contributed by atoms with Crippen LogP contribution in [-0.4, -0.2) is 40.3 Å². The Kier molecular flexibility index (Phi) is 5.76. The highest BCUT2D eigenvalue weighted by Gasteiger charge is 2.14. The molecule has 0 aliphatic rings. The second kappa shape index (κ2) is 7.80. The largest absolute Gasteiger partial charge is 0.497 e. The van der Waals surface area contributed by atoms with Gasteiger partial charge in [0, 0.05) is 11.9 Å². The molecule has 0 fully saturated rings. The number of nitrogens with one attached hydrogen (secondary N) is 1. The molecule has 0 saturated heterocycles. The quantitative estimate of drug-likeness (QED) is 0.787. The van der Waals surface area contributed by atoms with Crippen molar-refractivity contribution in [2.45, 2.75) is 4.90 Å². The summed E-state index contributed by atoms with van der Waals surface area (Å²) in [4.78, 5) is 23.8. The maximum atomic E-state index is 12.0. The van der Waals surface area contributed by atoms with E-state index in [2.05, 4.69) is 5.32 Å². The van der Waals surface area contributed by atoms with Gasteiger partial charge >= 0.3 is 5.97 Å². The molecule has 0 radical (unpaired) electrons. The first-order valence-electron chi connectivity index (χ1n) is 7.21. The highest BCUT2D eigenvalue weighted by atomic mass is 32.2. The Balaban J connectivity index is 1.94. The van der Waals surface area contributed by atoms with Crippen molar-refractivity contribution < 1.29 is 27.5 Å². The van der Waals surface area contributed by atoms with E-state index < -0.39 is 28.3 Å². The topological polar surface area (TPSA) is 98.8 Å². The first-order chi connectivity index (χ1) is 11.8. The summed E-state index contributed by atoms with van der Waals surface area (Å²) in [6, 6.07) is 12.1. The molecule has 2 rings (SSSR count). The van der Waals surface area contributed by atoms with Crippen LogP contribution in [0.2, 0.25) is 0 Å². The molecule has 0 aromatic heterocycles. The van der Waals surface area contributed by atoms with Gasteiger partial charge in [-0.15, -0.1) is 0 Å². The van der Waals surface area contributed by atoms with Gasteiger partial charge in [0.15, 0.2) is 16.4 Å². The van der Waals surface area contributed by atoms with Gasteiger partial charge in [-0.25, -0.2) is 13.2 Å². The summed E-state index contributed by atoms with van der Waals surface area (Å²) in [6.07, 6.45) is 1.04. The standard InChI is InChI=1S/C17H17NO6S/c1-23-14-8-6-13(7-9-14)18-16(19)11-24-17(20)12-4-3-5-15(10-12)25(2,21)22/h3-10H,11H2,1-2H3,(H,18,19). The molecule has 7 nitrogen and oxygen atoms in total. The third-order valence-electron chi connectivity index (χ3n) is 3.21. The Morgan fingerprint density at radius 1 is 1.08 bits per heavy atom. The molecule has 0 heterocycles. The lowest BCUT2D eigenvalue weighted by atomic mass is 10.2. The van der Waals surface area contributed by atoms with Crippen LogP contribution in [0.3, 0.4) is 0 Å². The zero-order valence-electron chi connectivity index (χ0n) is 13.7. The van der Waals surface area contributed by atoms with Crippen LogP contribution < -0.4 is 10.1 Å². The average molecular weight is 363 g/mol. The van der Waals surface area contributed by atoms with Crippen LogP contribution in [0, 0.1) is 0 Å². The Labute approximate surface area is 145 Å². The maximum Gasteiger partial charge on any atom is 0.338 e. The van der Waals surface area contributed by atoms with Crippen molar-refractivity contribution in [2.75, 3.05) is 25.3 Å². The maximum absolute atomic E-state index is 12.0. The Morgan fingerprint density at radius 3 is 2.36 bits per heavy atom. The molecule has 0 aliphatic carbocycles. The molecule has 8 heteroatoms. The summed E-state index contributed by atoms with van der Waals surface area (Å²) >= 11 is 0. The van der Waals surface area contributed by atoms with Crippen molar-refractivity contribution in [1.82, 2.24) is 0 Å². The predicted octanol–water partition coefficient (Wildman–Crippen LogP) is 1.89. The van der Waals surface area contributed by atoms with Crippen molar-refractivity contribution in [2.24, 2.45) is 0 Å². The fourth-order valence-corrected chi connectivity index (χ4v) is 2.61. The lowest BCUT2D eigenvalue weighted by Gasteiger charge is -2.08. The first kappa shape index (κ1) is 18.5. The molecule has 0 unspecified atom stereocenters. The van der Waals surface area contributed by atoms with Crippen LogP contribution in [-0.2, 0) is 19.4 Å². The molecule has 0 atom stereocenters. The van der Waals surface area contributed by atoms with Crippen LogP contribution >= 0.6 is 0 Å². The summed E-state index contributed by atoms with van der Waals surface area (Å²) in [7, 11) is -1.90. The molecule has 0 saturated carbocycles. The van der Waals surface area contributed by atoms with Crippen LogP contribution in [0.15, 0.2) is 53.4 Å². The molecule has 1 amide bonds. The van der Waals surface area contributed by atoms with Gasteiger partial charge in [-0.3, -0.25) is 4.79 Å². The molecule has 0 aliphatic heterocycles. The first-order valence-corrected chi connectivity index (χ1v) is 9.10. The number of ether oxygens (including phenoxy) is 2. The van der Waals surface area contributed by atoms with Crippen LogP contribution in [0.5, 0.6) is 5.75 Å². The molecular formula is C17H17NO6S. The van der Waals surface area contributed by atoms with Crippen molar-refractivity contribution >= 4 is 27.4 Å². The van der Waals surface area contributed by atoms with Gasteiger partial charge < -0.3 is 14.8 Å². The molecule has 2 aromatic rings. The number of hydrogen-bond acceptors (Lipinski definition) is 6. The van der Waals surface area contributed by atoms with E-state index in [1.54, 1.807) is 24.3 Å². The average Bonchev–Trinajstić information content (AvgIpc) is 2.59. The predicted molar refractivity (Wildman–Crippen MR) is 91.5 cm³/mol. The fraction of sp³-hybridized carbons (Fsp3) is 0.176. The number of esters is 1. The van der Waals surface area contributed by atoms with Crippen molar-refractivity contribution in [3.63, 3.8) is 0 Å². The number of methoxy groups -OCH3 is 1. The van der Waals surface area contributed by atoms with Crippen LogP contribution in [0.1, 0.15) is 10.4 Å². The minimum Gasteiger partial charge on any atom is -0.497 e. The number of carbonyl (C=O) groups excluding carboxylic acids is 2. The molecule has 2 aromatic carbocycles. The van der Waals surface area contributed by atoms with Gasteiger partial charge in [0.25, 0.3) is 5.91 Å². The normalized spacial score (nSPS) is 10.8. The monoisotopic (exact) mass is 363 g/mol. The number of amides is 1. The number of rotatable bonds is 6. The van der Waals surface area contributed by atoms with Crippen molar-refractivity contribution in [3.05, 3.63) is 54.1 Å². The Hall–Kier alpha value is -2.87. The summed E-state index contributed by atoms with van der Waals surface area (Å²) in [5.74, 6) is -0.650. The SMILES string of the molecule is COc1ccc(NC(=O)COC(=O)c2cccc(S(C)(=O)=O)c2)cc1. The zero-order chi connectivity index (χ0) is 18.4. The number of anilines is 1. The van der Waals surface area contributed by atoms with Gasteiger partial charge in [-0.1, -0.05) is 6.07 Å². The molecular weight excluding hydrogens is 346 g/mol. The van der Waals surface area contributed by atoms with E-state index in [0.717, 1.165) is 6.26 Å². The van der Waals surface area contributed by atoms with Gasteiger partial charge in [0.2, 0.25) is 0 Å². The lowest BCUT2D eigenvalue weighted by Crippen LogP contribution is -2.21. The lowest BCUT2D eigenvalue weighted by molar-refractivity contribution is -0.119. The van der Waals surface area contributed by atoms with E-state index in [9.17, 15) is 18.0 Å². The van der Waals surface area contributed by atoms with E-state index >= 15 is 0 Å². The highest BCUT2D eigenvalue weighted by molar-refractivity contribution is 7.90. The fourth-order valence-electron chi connectivity index (χ4n) is 1.94. The summed E-state index contributed by atoms with van der Waals surface area (Å²) in [6.45, 7) is -0.492. The zero-order valence-corrected chi connectivity index (χ0v) is 14.5. The van der Waals surface area contributed by atoms with E-state index in [1.165, 1.54) is 31.4 Å². The minimum absolute atomic E-state index is 0.00429. The minimum atomic E-state index is -3.43. The van der Waals surface area contributed by atoms with Crippen molar-refractivity contribution in [3.8, 4) is 5.75 Å². The number of carbonyl (C=O) groups is 2. The van der Waals surface area contributed by atoms with E-state index in [0.29, 0.717) is 11.4 Å². The molecule has 1 N–H and O–H groups in total. The second-order valence-corrected chi connectivity index (χ2v) is 7.17. The van der Waals surface area contributed by atoms with Gasteiger partial charge in [0.1, 0.15) is 5.75 Å². The highest BCUT2D eigenvalue weighted by Crippen LogP contribution is 2.15. The van der Waals surface area contributed by atoms with E-state index in [1.807, 2.05) is 0 Å². The van der Waals surface area contributed by atoms with Crippen molar-refractivity contribution in [1.29, 1.82) is 0 Å². The molecule has 0 spiro atoms.